The zero-order valence-corrected chi connectivity index (χ0v) is 7.81. The predicted octanol–water partition coefficient (Wildman–Crippen LogP) is 2.69. The summed E-state index contributed by atoms with van der Waals surface area (Å²) in [6.07, 6.45) is 0.494. The van der Waals surface area contributed by atoms with Gasteiger partial charge >= 0.3 is 0 Å². The second kappa shape index (κ2) is 3.36. The first kappa shape index (κ1) is 8.54. The molecule has 0 amide bonds. The molecular formula is C11H14FN. The Morgan fingerprint density at radius 2 is 2.31 bits per heavy atom. The van der Waals surface area contributed by atoms with Crippen molar-refractivity contribution in [3.05, 3.63) is 29.3 Å². The number of aryl methyl sites for hydroxylation is 1. The van der Waals surface area contributed by atoms with Crippen LogP contribution in [0.1, 0.15) is 17.5 Å². The van der Waals surface area contributed by atoms with Crippen LogP contribution in [0.5, 0.6) is 0 Å². The fourth-order valence-electron chi connectivity index (χ4n) is 1.85. The average molecular weight is 179 g/mol. The number of fused-ring (bicyclic) bond motifs is 1. The lowest BCUT2D eigenvalue weighted by Gasteiger charge is -2.09. The van der Waals surface area contributed by atoms with Gasteiger partial charge in [0.2, 0.25) is 0 Å². The van der Waals surface area contributed by atoms with Crippen molar-refractivity contribution < 1.29 is 4.39 Å². The van der Waals surface area contributed by atoms with E-state index in [1.165, 1.54) is 5.56 Å². The van der Waals surface area contributed by atoms with Gasteiger partial charge in [0.25, 0.3) is 0 Å². The van der Waals surface area contributed by atoms with Gasteiger partial charge in [-0.15, -0.1) is 0 Å². The van der Waals surface area contributed by atoms with Gasteiger partial charge < -0.3 is 5.32 Å². The minimum atomic E-state index is -0.685. The van der Waals surface area contributed by atoms with E-state index in [-0.39, 0.29) is 0 Å². The molecule has 1 aliphatic heterocycles. The van der Waals surface area contributed by atoms with Gasteiger partial charge in [0.1, 0.15) is 6.17 Å². The Hall–Kier alpha value is -1.05. The van der Waals surface area contributed by atoms with Crippen LogP contribution >= 0.6 is 0 Å². The molecule has 1 N–H and O–H groups in total. The Bertz CT molecular complexity index is 309. The fraction of sp³-hybridized carbons (Fsp3) is 0.455. The SMILES string of the molecule is Cc1cccc2c1NCCC(F)C2. The first-order chi connectivity index (χ1) is 6.27. The van der Waals surface area contributed by atoms with Gasteiger partial charge in [-0.05, 0) is 24.5 Å². The molecule has 1 aliphatic rings. The fourth-order valence-corrected chi connectivity index (χ4v) is 1.85. The first-order valence-corrected chi connectivity index (χ1v) is 4.74. The van der Waals surface area contributed by atoms with Crippen molar-refractivity contribution in [1.29, 1.82) is 0 Å². The molecule has 1 atom stereocenters. The number of nitrogens with one attached hydrogen (secondary N) is 1. The number of para-hydroxylation sites is 1. The van der Waals surface area contributed by atoms with E-state index in [0.717, 1.165) is 17.8 Å². The highest BCUT2D eigenvalue weighted by atomic mass is 19.1. The molecule has 1 aromatic carbocycles. The van der Waals surface area contributed by atoms with Crippen molar-refractivity contribution in [3.63, 3.8) is 0 Å². The lowest BCUT2D eigenvalue weighted by Crippen LogP contribution is -2.05. The molecule has 1 unspecified atom stereocenters. The van der Waals surface area contributed by atoms with Crippen molar-refractivity contribution in [2.24, 2.45) is 0 Å². The Balaban J connectivity index is 2.39. The highest BCUT2D eigenvalue weighted by Gasteiger charge is 2.15. The van der Waals surface area contributed by atoms with E-state index in [4.69, 9.17) is 0 Å². The topological polar surface area (TPSA) is 12.0 Å². The van der Waals surface area contributed by atoms with Crippen LogP contribution in [0.4, 0.5) is 10.1 Å². The molecule has 1 nitrogen and oxygen atoms in total. The Labute approximate surface area is 78.0 Å². The van der Waals surface area contributed by atoms with Crippen LogP contribution in [0, 0.1) is 6.92 Å². The molecule has 0 aliphatic carbocycles. The molecule has 0 bridgehead atoms. The third-order valence-electron chi connectivity index (χ3n) is 2.56. The maximum atomic E-state index is 13.2. The second-order valence-electron chi connectivity index (χ2n) is 3.63. The Morgan fingerprint density at radius 3 is 3.15 bits per heavy atom. The number of alkyl halides is 1. The molecule has 70 valence electrons. The summed E-state index contributed by atoms with van der Waals surface area (Å²) in [6, 6.07) is 6.06. The molecule has 0 aromatic heterocycles. The van der Waals surface area contributed by atoms with E-state index in [9.17, 15) is 4.39 Å². The molecule has 2 heteroatoms. The van der Waals surface area contributed by atoms with Crippen LogP contribution in [0.2, 0.25) is 0 Å². The maximum Gasteiger partial charge on any atom is 0.106 e. The lowest BCUT2D eigenvalue weighted by molar-refractivity contribution is 0.323. The summed E-state index contributed by atoms with van der Waals surface area (Å²) in [6.45, 7) is 2.81. The van der Waals surface area contributed by atoms with Gasteiger partial charge in [0, 0.05) is 18.7 Å². The van der Waals surface area contributed by atoms with Gasteiger partial charge in [0.05, 0.1) is 0 Å². The molecule has 0 saturated heterocycles. The molecule has 0 radical (unpaired) electrons. The zero-order valence-electron chi connectivity index (χ0n) is 7.81. The van der Waals surface area contributed by atoms with Gasteiger partial charge in [-0.3, -0.25) is 0 Å². The average Bonchev–Trinajstić information content (AvgIpc) is 2.27. The number of hydrogen-bond donors (Lipinski definition) is 1. The summed E-state index contributed by atoms with van der Waals surface area (Å²) in [4.78, 5) is 0. The number of hydrogen-bond acceptors (Lipinski definition) is 1. The van der Waals surface area contributed by atoms with Crippen LogP contribution in [0.25, 0.3) is 0 Å². The number of benzene rings is 1. The third-order valence-corrected chi connectivity index (χ3v) is 2.56. The summed E-state index contributed by atoms with van der Waals surface area (Å²) >= 11 is 0. The number of rotatable bonds is 0. The standard InChI is InChI=1S/C11H14FN/c1-8-3-2-4-9-7-10(12)5-6-13-11(8)9/h2-4,10,13H,5-7H2,1H3. The van der Waals surface area contributed by atoms with Crippen LogP contribution in [-0.4, -0.2) is 12.7 Å². The molecule has 0 fully saturated rings. The van der Waals surface area contributed by atoms with Gasteiger partial charge in [-0.25, -0.2) is 4.39 Å². The van der Waals surface area contributed by atoms with Gasteiger partial charge in [-0.1, -0.05) is 18.2 Å². The number of halogens is 1. The van der Waals surface area contributed by atoms with E-state index in [1.807, 2.05) is 12.1 Å². The lowest BCUT2D eigenvalue weighted by atomic mass is 10.0. The van der Waals surface area contributed by atoms with Crippen LogP contribution in [0.3, 0.4) is 0 Å². The first-order valence-electron chi connectivity index (χ1n) is 4.74. The van der Waals surface area contributed by atoms with Gasteiger partial charge in [0.15, 0.2) is 0 Å². The van der Waals surface area contributed by atoms with E-state index in [2.05, 4.69) is 18.3 Å². The Kier molecular flexibility index (Phi) is 2.21. The van der Waals surface area contributed by atoms with E-state index in [1.54, 1.807) is 0 Å². The highest BCUT2D eigenvalue weighted by molar-refractivity contribution is 5.58. The molecule has 1 heterocycles. The van der Waals surface area contributed by atoms with Crippen molar-refractivity contribution in [1.82, 2.24) is 0 Å². The van der Waals surface area contributed by atoms with E-state index >= 15 is 0 Å². The van der Waals surface area contributed by atoms with Crippen molar-refractivity contribution >= 4 is 5.69 Å². The highest BCUT2D eigenvalue weighted by Crippen LogP contribution is 2.25. The molecule has 13 heavy (non-hydrogen) atoms. The van der Waals surface area contributed by atoms with Gasteiger partial charge in [-0.2, -0.15) is 0 Å². The number of anilines is 1. The molecule has 1 aromatic rings. The smallest absolute Gasteiger partial charge is 0.106 e. The van der Waals surface area contributed by atoms with E-state index < -0.39 is 6.17 Å². The van der Waals surface area contributed by atoms with Crippen molar-refractivity contribution in [2.75, 3.05) is 11.9 Å². The maximum absolute atomic E-state index is 13.2. The van der Waals surface area contributed by atoms with E-state index in [0.29, 0.717) is 12.8 Å². The van der Waals surface area contributed by atoms with Crippen LogP contribution in [-0.2, 0) is 6.42 Å². The van der Waals surface area contributed by atoms with Crippen LogP contribution < -0.4 is 5.32 Å². The molecule has 0 saturated carbocycles. The quantitative estimate of drug-likeness (QED) is 0.645. The molecule has 2 rings (SSSR count). The predicted molar refractivity (Wildman–Crippen MR) is 52.9 cm³/mol. The summed E-state index contributed by atoms with van der Waals surface area (Å²) < 4.78 is 13.2. The van der Waals surface area contributed by atoms with Crippen molar-refractivity contribution in [2.45, 2.75) is 25.9 Å². The minimum Gasteiger partial charge on any atom is -0.384 e. The third kappa shape index (κ3) is 1.67. The summed E-state index contributed by atoms with van der Waals surface area (Å²) in [5.41, 5.74) is 3.47. The summed E-state index contributed by atoms with van der Waals surface area (Å²) in [5, 5.41) is 3.28. The Morgan fingerprint density at radius 1 is 1.46 bits per heavy atom. The zero-order chi connectivity index (χ0) is 9.26. The molecular weight excluding hydrogens is 165 g/mol. The summed E-state index contributed by atoms with van der Waals surface area (Å²) in [5.74, 6) is 0. The molecule has 0 spiro atoms. The van der Waals surface area contributed by atoms with Crippen LogP contribution in [0.15, 0.2) is 18.2 Å². The monoisotopic (exact) mass is 179 g/mol. The van der Waals surface area contributed by atoms with Crippen molar-refractivity contribution in [3.8, 4) is 0 Å². The minimum absolute atomic E-state index is 0.560. The second-order valence-corrected chi connectivity index (χ2v) is 3.63. The normalized spacial score (nSPS) is 21.5. The summed E-state index contributed by atoms with van der Waals surface area (Å²) in [7, 11) is 0. The largest absolute Gasteiger partial charge is 0.384 e.